The van der Waals surface area contributed by atoms with Gasteiger partial charge in [0.15, 0.2) is 0 Å². The van der Waals surface area contributed by atoms with E-state index in [4.69, 9.17) is 0 Å². The predicted octanol–water partition coefficient (Wildman–Crippen LogP) is 25.0. The number of fused-ring (bicyclic) bond motifs is 24. The van der Waals surface area contributed by atoms with Crippen LogP contribution >= 0.6 is 0 Å². The van der Waals surface area contributed by atoms with E-state index in [1.54, 1.807) is 0 Å². The molecule has 0 unspecified atom stereocenters. The highest BCUT2D eigenvalue weighted by molar-refractivity contribution is 5.87. The van der Waals surface area contributed by atoms with Crippen LogP contribution in [0.15, 0.2) is 141 Å². The van der Waals surface area contributed by atoms with Gasteiger partial charge < -0.3 is 0 Å². The lowest BCUT2D eigenvalue weighted by Gasteiger charge is -2.11. The van der Waals surface area contributed by atoms with Gasteiger partial charge in [-0.1, -0.05) is 30.3 Å². The Hall–Kier alpha value is -13.5. The van der Waals surface area contributed by atoms with Crippen LogP contribution in [0.3, 0.4) is 0 Å². The molecule has 16 aromatic rings. The summed E-state index contributed by atoms with van der Waals surface area (Å²) in [6.45, 7) is 55.2. The summed E-state index contributed by atoms with van der Waals surface area (Å²) < 4.78 is 0. The van der Waals surface area contributed by atoms with E-state index in [0.29, 0.717) is 0 Å². The molecule has 652 valence electrons. The van der Waals surface area contributed by atoms with Gasteiger partial charge in [0.05, 0.1) is 45.6 Å². The Bertz CT molecular complexity index is 7370. The van der Waals surface area contributed by atoms with Crippen molar-refractivity contribution in [3.63, 3.8) is 0 Å². The summed E-state index contributed by atoms with van der Waals surface area (Å²) >= 11 is 0. The number of hydrogen-bond acceptors (Lipinski definition) is 15. The average Bonchev–Trinajstić information content (AvgIpc) is 1.61. The zero-order valence-electron chi connectivity index (χ0n) is 80.6. The van der Waals surface area contributed by atoms with E-state index in [-0.39, 0.29) is 0 Å². The number of aromatic nitrogens is 15. The van der Waals surface area contributed by atoms with Gasteiger partial charge in [-0.15, -0.1) is 0 Å². The van der Waals surface area contributed by atoms with E-state index in [2.05, 4.69) is 309 Å². The minimum absolute atomic E-state index is 0.930. The maximum absolute atomic E-state index is 4.63. The molecule has 8 aliphatic rings. The summed E-state index contributed by atoms with van der Waals surface area (Å²) in [4.78, 5) is 67.7. The third-order valence-electron chi connectivity index (χ3n) is 28.6. The van der Waals surface area contributed by atoms with Gasteiger partial charge in [0.2, 0.25) is 0 Å². The third kappa shape index (κ3) is 16.2. The highest BCUT2D eigenvalue weighted by atomic mass is 14.8. The van der Waals surface area contributed by atoms with Crippen molar-refractivity contribution in [3.05, 3.63) is 377 Å². The molecule has 0 saturated heterocycles. The van der Waals surface area contributed by atoms with Crippen LogP contribution in [0.2, 0.25) is 0 Å². The molecule has 0 N–H and O–H groups in total. The maximum atomic E-state index is 4.63. The Kier molecular flexibility index (Phi) is 24.2. The first kappa shape index (κ1) is 88.5. The smallest absolute Gasteiger partial charge is 0.0529 e. The molecule has 15 nitrogen and oxygen atoms in total. The van der Waals surface area contributed by atoms with Crippen LogP contribution in [-0.4, -0.2) is 74.8 Å². The van der Waals surface area contributed by atoms with Crippen molar-refractivity contribution in [2.24, 2.45) is 0 Å². The van der Waals surface area contributed by atoms with Crippen LogP contribution in [0.1, 0.15) is 236 Å². The monoisotopic (exact) mass is 1710 g/mol. The molecular formula is C115H117N15. The highest BCUT2D eigenvalue weighted by Crippen LogP contribution is 2.48. The van der Waals surface area contributed by atoms with Crippen molar-refractivity contribution in [1.29, 1.82) is 0 Å². The molecule has 0 aliphatic heterocycles. The number of aryl methyl sites for hydroxylation is 17. The number of hydrogen-bond donors (Lipinski definition) is 0. The summed E-state index contributed by atoms with van der Waals surface area (Å²) in [5, 5.41) is 0. The largest absolute Gasteiger partial charge is 0.261 e. The quantitative estimate of drug-likeness (QED) is 0.139. The molecular weight excluding hydrogens is 1590 g/mol. The molecule has 130 heavy (non-hydrogen) atoms. The van der Waals surface area contributed by atoms with E-state index in [0.717, 1.165) is 114 Å². The minimum atomic E-state index is 0.930. The summed E-state index contributed by atoms with van der Waals surface area (Å²) in [6.07, 6.45) is 28.9. The fourth-order valence-corrected chi connectivity index (χ4v) is 20.4. The first-order chi connectivity index (χ1) is 62.2. The first-order valence-electron chi connectivity index (χ1n) is 45.6. The average molecular weight is 1710 g/mol. The summed E-state index contributed by atoms with van der Waals surface area (Å²) in [5.74, 6) is 0. The van der Waals surface area contributed by atoms with E-state index < -0.39 is 0 Å². The second-order valence-corrected chi connectivity index (χ2v) is 36.9. The summed E-state index contributed by atoms with van der Waals surface area (Å²) in [6, 6.07) is 25.8. The molecule has 15 heteroatoms. The second kappa shape index (κ2) is 35.5. The van der Waals surface area contributed by atoms with Crippen LogP contribution in [0, 0.1) is 180 Å². The van der Waals surface area contributed by atoms with E-state index in [1.807, 2.05) is 87.2 Å². The van der Waals surface area contributed by atoms with Gasteiger partial charge in [0.25, 0.3) is 0 Å². The fraction of sp³-hybridized carbons (Fsp3) is 0.296. The van der Waals surface area contributed by atoms with Crippen molar-refractivity contribution in [2.45, 2.75) is 231 Å². The Morgan fingerprint density at radius 2 is 0.531 bits per heavy atom. The van der Waals surface area contributed by atoms with Gasteiger partial charge >= 0.3 is 0 Å². The zero-order chi connectivity index (χ0) is 92.0. The molecule has 1 aromatic carbocycles. The van der Waals surface area contributed by atoms with Gasteiger partial charge in [-0.3, -0.25) is 74.8 Å². The Balaban J connectivity index is 0.000000104. The summed E-state index contributed by atoms with van der Waals surface area (Å²) in [7, 11) is 0. The molecule has 0 spiro atoms. The molecule has 0 saturated carbocycles. The van der Waals surface area contributed by atoms with Gasteiger partial charge in [-0.05, 0) is 395 Å². The van der Waals surface area contributed by atoms with Gasteiger partial charge in [-0.2, -0.15) is 0 Å². The molecule has 0 fully saturated rings. The third-order valence-corrected chi connectivity index (χ3v) is 28.6. The molecule has 8 aliphatic carbocycles. The highest BCUT2D eigenvalue weighted by Gasteiger charge is 2.33. The molecule has 24 rings (SSSR count). The molecule has 15 heterocycles. The van der Waals surface area contributed by atoms with E-state index in [1.165, 1.54) is 263 Å². The maximum Gasteiger partial charge on any atom is 0.0529 e. The van der Waals surface area contributed by atoms with Gasteiger partial charge in [-0.25, -0.2) is 0 Å². The lowest BCUT2D eigenvalue weighted by Crippen LogP contribution is -1.98. The molecule has 0 amide bonds. The van der Waals surface area contributed by atoms with Gasteiger partial charge in [0, 0.05) is 227 Å². The Labute approximate surface area is 767 Å². The number of benzene rings is 1. The molecule has 0 bridgehead atoms. The first-order valence-corrected chi connectivity index (χ1v) is 45.6. The number of pyridine rings is 15. The zero-order valence-corrected chi connectivity index (χ0v) is 80.6. The molecule has 0 atom stereocenters. The fourth-order valence-electron chi connectivity index (χ4n) is 20.4. The number of rotatable bonds is 0. The minimum Gasteiger partial charge on any atom is -0.261 e. The molecule has 0 radical (unpaired) electrons. The van der Waals surface area contributed by atoms with Crippen molar-refractivity contribution >= 4 is 0 Å². The standard InChI is InChI=1S/C16H17N.2C15H16N2.4C14H14N2.C13H12N2/c1-9-5-6-13-14(11(9)3)7-15-16(13)12(4)10(2)8-17-15;1-8-5-13-14(16-7-8)6-12-11(4)17-10(3)9(2)15(12)13;1-8-5-6-16-13-7-12-11(4)17-10(3)9(2)15(12)14(8)13;1-8-4-12-13(16-6-8)5-11-7-15-10(3)9(2)14(11)12;1-8-4-5-15-12-6-11-7-16-10(3)9(2)14(11)13(8)12;1-8-4-5-12-13(16-8)6-11-7-15-10(3)9(2)14(11)12;1-8-9(2)16-10(3)12-7-13-11(14(8)12)5-4-6-15-13;1-8-9(2)15-7-10-6-12-11(13(8)10)4-3-5-14-12/h5-6,8H,7H2,1-4H3;5,7H,6H2,1-4H3;5-6H,7H2,1-4H3;4,6-7H,5H2,1-3H3;2*4-5,7H,6H2,1-3H3;4-6H,7H2,1-3H3;3-5,7H,6H2,1-2H3. The van der Waals surface area contributed by atoms with Gasteiger partial charge in [0.1, 0.15) is 0 Å². The Morgan fingerprint density at radius 3 is 1.05 bits per heavy atom. The SMILES string of the molecule is Cc1ccc2c(c1C)Cc1ncc(C)c(C)c1-2.Cc1ccc2c(n1)Cc1cnc(C)c(C)c1-2.Cc1ccnc2c1-c1c(C)c(C)nc(C)c1C2.Cc1ccnc2c1-c1c(cnc(C)c1C)C2.Cc1cnc2c(c1)-c1c(C)c(C)nc(C)c1C2.Cc1cnc2c(c1)-c1c(cnc(C)c1C)C2.Cc1nc(C)c2c(c1C)-c1cccnc1C2.Cc1ncc2c(c1C)-c1cccnc1C2. The second-order valence-electron chi connectivity index (χ2n) is 36.9. The Morgan fingerprint density at radius 1 is 0.185 bits per heavy atom. The lowest BCUT2D eigenvalue weighted by atomic mass is 9.96. The van der Waals surface area contributed by atoms with Crippen LogP contribution in [-0.2, 0) is 51.4 Å². The molecule has 15 aromatic heterocycles. The van der Waals surface area contributed by atoms with E-state index >= 15 is 0 Å². The van der Waals surface area contributed by atoms with E-state index in [9.17, 15) is 0 Å². The normalized spacial score (nSPS) is 12.4. The van der Waals surface area contributed by atoms with Crippen molar-refractivity contribution in [2.75, 3.05) is 0 Å². The van der Waals surface area contributed by atoms with Crippen molar-refractivity contribution in [3.8, 4) is 89.0 Å². The van der Waals surface area contributed by atoms with Crippen molar-refractivity contribution < 1.29 is 0 Å². The predicted molar refractivity (Wildman–Crippen MR) is 528 cm³/mol. The van der Waals surface area contributed by atoms with Crippen LogP contribution in [0.25, 0.3) is 89.0 Å². The van der Waals surface area contributed by atoms with Crippen molar-refractivity contribution in [1.82, 2.24) is 74.8 Å². The summed E-state index contributed by atoms with van der Waals surface area (Å²) in [5.41, 5.74) is 74.0. The van der Waals surface area contributed by atoms with Crippen LogP contribution in [0.5, 0.6) is 0 Å². The topological polar surface area (TPSA) is 193 Å². The van der Waals surface area contributed by atoms with Crippen LogP contribution in [0.4, 0.5) is 0 Å². The van der Waals surface area contributed by atoms with Crippen LogP contribution < -0.4 is 0 Å². The lowest BCUT2D eigenvalue weighted by molar-refractivity contribution is 1.03. The number of nitrogens with zero attached hydrogens (tertiary/aromatic N) is 15.